The monoisotopic (exact) mass is 303 g/mol. The third kappa shape index (κ3) is 3.83. The number of aryl methyl sites for hydroxylation is 1. The summed E-state index contributed by atoms with van der Waals surface area (Å²) in [5, 5.41) is 12.3. The summed E-state index contributed by atoms with van der Waals surface area (Å²) in [6.07, 6.45) is 0. The molecule has 5 heteroatoms. The zero-order chi connectivity index (χ0) is 16.1. The van der Waals surface area contributed by atoms with E-state index in [4.69, 9.17) is 9.84 Å². The van der Waals surface area contributed by atoms with Crippen LogP contribution in [-0.4, -0.2) is 18.2 Å². The van der Waals surface area contributed by atoms with Crippen molar-refractivity contribution in [2.75, 3.05) is 7.11 Å². The van der Waals surface area contributed by atoms with Gasteiger partial charge in [-0.2, -0.15) is 0 Å². The van der Waals surface area contributed by atoms with Crippen LogP contribution in [0.1, 0.15) is 27.0 Å². The highest BCUT2D eigenvalue weighted by molar-refractivity contribution is 5.90. The van der Waals surface area contributed by atoms with Crippen molar-refractivity contribution in [3.8, 4) is 5.75 Å². The Bertz CT molecular complexity index is 686. The van der Waals surface area contributed by atoms with Crippen molar-refractivity contribution in [1.29, 1.82) is 0 Å². The van der Waals surface area contributed by atoms with Crippen LogP contribution < -0.4 is 5.32 Å². The molecular weight excluding hydrogens is 285 g/mol. The van der Waals surface area contributed by atoms with Crippen LogP contribution in [0.15, 0.2) is 36.4 Å². The lowest BCUT2D eigenvalue weighted by atomic mass is 10.1. The number of esters is 1. The molecule has 0 fully saturated rings. The minimum atomic E-state index is -0.440. The molecule has 2 rings (SSSR count). The van der Waals surface area contributed by atoms with Gasteiger partial charge in [-0.25, -0.2) is 9.18 Å². The van der Waals surface area contributed by atoms with Gasteiger partial charge >= 0.3 is 5.97 Å². The number of nitrogens with one attached hydrogen (secondary N) is 1. The third-order valence-electron chi connectivity index (χ3n) is 3.38. The van der Waals surface area contributed by atoms with Gasteiger partial charge in [0.15, 0.2) is 0 Å². The summed E-state index contributed by atoms with van der Waals surface area (Å²) in [7, 11) is 1.35. The van der Waals surface area contributed by atoms with Crippen LogP contribution in [0.25, 0.3) is 0 Å². The van der Waals surface area contributed by atoms with Crippen molar-refractivity contribution in [2.45, 2.75) is 20.0 Å². The molecule has 0 radical (unpaired) electrons. The minimum absolute atomic E-state index is 0.0877. The van der Waals surface area contributed by atoms with Crippen molar-refractivity contribution in [3.63, 3.8) is 0 Å². The van der Waals surface area contributed by atoms with Crippen molar-refractivity contribution < 1.29 is 19.0 Å². The molecule has 0 saturated carbocycles. The molecule has 0 atom stereocenters. The highest BCUT2D eigenvalue weighted by Gasteiger charge is 2.09. The number of rotatable bonds is 5. The van der Waals surface area contributed by atoms with Gasteiger partial charge in [-0.15, -0.1) is 0 Å². The molecule has 4 nitrogen and oxygen atoms in total. The molecule has 0 saturated heterocycles. The summed E-state index contributed by atoms with van der Waals surface area (Å²) < 4.78 is 18.3. The van der Waals surface area contributed by atoms with Gasteiger partial charge in [-0.3, -0.25) is 0 Å². The summed E-state index contributed by atoms with van der Waals surface area (Å²) in [5.74, 6) is -0.886. The Kier molecular flexibility index (Phi) is 5.12. The van der Waals surface area contributed by atoms with E-state index < -0.39 is 5.82 Å². The molecule has 116 valence electrons. The van der Waals surface area contributed by atoms with Gasteiger partial charge in [0.05, 0.1) is 12.7 Å². The minimum Gasteiger partial charge on any atom is -0.508 e. The number of phenols is 1. The molecule has 22 heavy (non-hydrogen) atoms. The van der Waals surface area contributed by atoms with Crippen LogP contribution in [0.3, 0.4) is 0 Å². The second kappa shape index (κ2) is 7.04. The van der Waals surface area contributed by atoms with Gasteiger partial charge < -0.3 is 15.2 Å². The van der Waals surface area contributed by atoms with E-state index in [1.165, 1.54) is 13.2 Å². The number of hydrogen-bond acceptors (Lipinski definition) is 4. The van der Waals surface area contributed by atoms with Gasteiger partial charge in [-0.05, 0) is 30.2 Å². The first kappa shape index (κ1) is 16.0. The normalized spacial score (nSPS) is 10.5. The van der Waals surface area contributed by atoms with E-state index >= 15 is 0 Å². The van der Waals surface area contributed by atoms with E-state index in [9.17, 15) is 9.18 Å². The van der Waals surface area contributed by atoms with Crippen LogP contribution in [0.2, 0.25) is 0 Å². The average Bonchev–Trinajstić information content (AvgIpc) is 2.49. The Labute approximate surface area is 128 Å². The summed E-state index contributed by atoms with van der Waals surface area (Å²) in [4.78, 5) is 11.5. The number of carbonyl (C=O) groups excluding carboxylic acids is 1. The topological polar surface area (TPSA) is 58.6 Å². The second-order valence-electron chi connectivity index (χ2n) is 5.02. The van der Waals surface area contributed by atoms with Gasteiger partial charge in [0.25, 0.3) is 0 Å². The number of methoxy groups -OCH3 is 1. The Balaban J connectivity index is 1.97. The highest BCUT2D eigenvalue weighted by atomic mass is 19.1. The molecule has 0 unspecified atom stereocenters. The molecule has 0 aliphatic rings. The van der Waals surface area contributed by atoms with Crippen LogP contribution in [-0.2, 0) is 17.8 Å². The van der Waals surface area contributed by atoms with Crippen LogP contribution >= 0.6 is 0 Å². The zero-order valence-electron chi connectivity index (χ0n) is 12.5. The number of aromatic hydroxyl groups is 1. The van der Waals surface area contributed by atoms with Gasteiger partial charge in [0.1, 0.15) is 11.6 Å². The maximum atomic E-state index is 13.6. The van der Waals surface area contributed by atoms with E-state index in [1.54, 1.807) is 12.1 Å². The third-order valence-corrected chi connectivity index (χ3v) is 3.38. The largest absolute Gasteiger partial charge is 0.508 e. The van der Waals surface area contributed by atoms with Gasteiger partial charge in [0.2, 0.25) is 0 Å². The molecule has 2 aromatic rings. The molecule has 0 aliphatic heterocycles. The zero-order valence-corrected chi connectivity index (χ0v) is 12.5. The molecule has 0 bridgehead atoms. The summed E-state index contributed by atoms with van der Waals surface area (Å²) >= 11 is 0. The van der Waals surface area contributed by atoms with E-state index in [2.05, 4.69) is 5.32 Å². The molecule has 0 amide bonds. The van der Waals surface area contributed by atoms with E-state index in [-0.39, 0.29) is 11.7 Å². The Morgan fingerprint density at radius 2 is 2.00 bits per heavy atom. The number of phenolic OH excluding ortho intramolecular Hbond substituents is 1. The number of halogens is 1. The summed E-state index contributed by atoms with van der Waals surface area (Å²) in [6.45, 7) is 2.74. The Hall–Kier alpha value is -2.40. The first-order valence-corrected chi connectivity index (χ1v) is 6.87. The predicted molar refractivity (Wildman–Crippen MR) is 81.1 cm³/mol. The maximum Gasteiger partial charge on any atom is 0.338 e. The first-order valence-electron chi connectivity index (χ1n) is 6.87. The lowest BCUT2D eigenvalue weighted by molar-refractivity contribution is 0.0600. The maximum absolute atomic E-state index is 13.6. The van der Waals surface area contributed by atoms with Crippen molar-refractivity contribution in [1.82, 2.24) is 5.32 Å². The van der Waals surface area contributed by atoms with Crippen molar-refractivity contribution in [2.24, 2.45) is 0 Å². The van der Waals surface area contributed by atoms with E-state index in [0.717, 1.165) is 17.2 Å². The smallest absolute Gasteiger partial charge is 0.338 e. The molecule has 2 N–H and O–H groups in total. The standard InChI is InChI=1S/C17H18FNO3/c1-11-7-12(3-6-15(11)17(21)22-2)9-19-10-13-4-5-14(20)8-16(13)18/h3-8,19-20H,9-10H2,1-2H3. The first-order chi connectivity index (χ1) is 10.5. The van der Waals surface area contributed by atoms with Crippen molar-refractivity contribution >= 4 is 5.97 Å². The fraction of sp³-hybridized carbons (Fsp3) is 0.235. The van der Waals surface area contributed by atoms with Crippen molar-refractivity contribution in [3.05, 3.63) is 64.5 Å². The lowest BCUT2D eigenvalue weighted by Crippen LogP contribution is -2.14. The molecule has 2 aromatic carbocycles. The molecule has 0 aromatic heterocycles. The summed E-state index contributed by atoms with van der Waals surface area (Å²) in [5.41, 5.74) is 2.85. The quantitative estimate of drug-likeness (QED) is 0.834. The number of ether oxygens (including phenoxy) is 1. The molecule has 0 heterocycles. The van der Waals surface area contributed by atoms with Gasteiger partial charge in [-0.1, -0.05) is 18.2 Å². The summed E-state index contributed by atoms with van der Waals surface area (Å²) in [6, 6.07) is 9.54. The Morgan fingerprint density at radius 3 is 2.64 bits per heavy atom. The molecule has 0 spiro atoms. The SMILES string of the molecule is COC(=O)c1ccc(CNCc2ccc(O)cc2F)cc1C. The fourth-order valence-corrected chi connectivity index (χ4v) is 2.20. The van der Waals surface area contributed by atoms with E-state index in [1.807, 2.05) is 19.1 Å². The number of benzene rings is 2. The predicted octanol–water partition coefficient (Wildman–Crippen LogP) is 2.92. The fourth-order valence-electron chi connectivity index (χ4n) is 2.20. The number of hydrogen-bond donors (Lipinski definition) is 2. The molecular formula is C17H18FNO3. The van der Waals surface area contributed by atoms with E-state index in [0.29, 0.717) is 24.2 Å². The lowest BCUT2D eigenvalue weighted by Gasteiger charge is -2.09. The number of carbonyl (C=O) groups is 1. The average molecular weight is 303 g/mol. The van der Waals surface area contributed by atoms with Crippen LogP contribution in [0.5, 0.6) is 5.75 Å². The highest BCUT2D eigenvalue weighted by Crippen LogP contribution is 2.15. The Morgan fingerprint density at radius 1 is 1.23 bits per heavy atom. The van der Waals surface area contributed by atoms with Gasteiger partial charge in [0, 0.05) is 24.7 Å². The van der Waals surface area contributed by atoms with Crippen LogP contribution in [0.4, 0.5) is 4.39 Å². The van der Waals surface area contributed by atoms with Crippen LogP contribution in [0, 0.1) is 12.7 Å². The second-order valence-corrected chi connectivity index (χ2v) is 5.02. The molecule has 0 aliphatic carbocycles.